The number of carbonyl (C=O) groups excluding carboxylic acids is 1. The molecular weight excluding hydrogens is 240 g/mol. The van der Waals surface area contributed by atoms with Gasteiger partial charge in [-0.2, -0.15) is 0 Å². The summed E-state index contributed by atoms with van der Waals surface area (Å²) in [5, 5.41) is 3.33. The summed E-state index contributed by atoms with van der Waals surface area (Å²) < 4.78 is 5.37. The first kappa shape index (κ1) is 12.6. The largest absolute Gasteiger partial charge is 0.460 e. The number of rotatable bonds is 3. The molecule has 1 saturated heterocycles. The summed E-state index contributed by atoms with van der Waals surface area (Å²) in [5.74, 6) is -0.178. The third kappa shape index (κ3) is 2.51. The number of ether oxygens (including phenoxy) is 1. The molecule has 0 amide bonds. The van der Waals surface area contributed by atoms with E-state index >= 15 is 0 Å². The summed E-state index contributed by atoms with van der Waals surface area (Å²) in [6.45, 7) is 0.333. The number of hydrogen-bond donors (Lipinski definition) is 2. The molecule has 0 aromatic heterocycles. The number of nitrogens with two attached hydrogens (primary N) is 1. The van der Waals surface area contributed by atoms with Crippen molar-refractivity contribution in [1.29, 1.82) is 0 Å². The molecule has 3 atom stereocenters. The van der Waals surface area contributed by atoms with Crippen LogP contribution in [0.4, 0.5) is 0 Å². The maximum Gasteiger partial charge on any atom is 0.323 e. The standard InChI is InChI=1S/C15H20N2O2/c16-15-8-4-7-13(15)17-12(9-15)14(18)19-10-11-5-2-1-3-6-11/h1-3,5-6,12-13,17H,4,7-10,16H2/t12-,13-,15+/m0/s1. The van der Waals surface area contributed by atoms with E-state index < -0.39 is 0 Å². The fourth-order valence-corrected chi connectivity index (χ4v) is 3.25. The topological polar surface area (TPSA) is 64.3 Å². The lowest BCUT2D eigenvalue weighted by Crippen LogP contribution is -2.45. The number of benzene rings is 1. The predicted octanol–water partition coefficient (Wildman–Crippen LogP) is 1.34. The second-order valence-electron chi connectivity index (χ2n) is 5.69. The van der Waals surface area contributed by atoms with Gasteiger partial charge in [-0.15, -0.1) is 0 Å². The van der Waals surface area contributed by atoms with Crippen LogP contribution in [0.5, 0.6) is 0 Å². The Hall–Kier alpha value is -1.39. The van der Waals surface area contributed by atoms with Gasteiger partial charge in [0.05, 0.1) is 0 Å². The molecule has 3 N–H and O–H groups in total. The van der Waals surface area contributed by atoms with E-state index in [1.54, 1.807) is 0 Å². The second-order valence-corrected chi connectivity index (χ2v) is 5.69. The van der Waals surface area contributed by atoms with Crippen LogP contribution >= 0.6 is 0 Å². The average molecular weight is 260 g/mol. The van der Waals surface area contributed by atoms with Crippen LogP contribution in [-0.2, 0) is 16.1 Å². The molecule has 102 valence electrons. The molecule has 1 aliphatic carbocycles. The van der Waals surface area contributed by atoms with Crippen LogP contribution in [0, 0.1) is 0 Å². The maximum atomic E-state index is 12.1. The van der Waals surface area contributed by atoms with Gasteiger partial charge in [0.15, 0.2) is 0 Å². The van der Waals surface area contributed by atoms with Crippen LogP contribution in [0.1, 0.15) is 31.2 Å². The lowest BCUT2D eigenvalue weighted by Gasteiger charge is -2.21. The van der Waals surface area contributed by atoms with Gasteiger partial charge in [0.25, 0.3) is 0 Å². The Kier molecular flexibility index (Phi) is 3.29. The number of nitrogens with one attached hydrogen (secondary N) is 1. The van der Waals surface area contributed by atoms with Crippen molar-refractivity contribution in [2.45, 2.75) is 49.9 Å². The van der Waals surface area contributed by atoms with Gasteiger partial charge in [-0.05, 0) is 31.2 Å². The highest BCUT2D eigenvalue weighted by Gasteiger charge is 2.49. The van der Waals surface area contributed by atoms with E-state index in [2.05, 4.69) is 5.32 Å². The first-order valence-corrected chi connectivity index (χ1v) is 6.93. The summed E-state index contributed by atoms with van der Waals surface area (Å²) in [6, 6.07) is 9.78. The van der Waals surface area contributed by atoms with Gasteiger partial charge in [0, 0.05) is 11.6 Å². The molecular formula is C15H20N2O2. The number of fused-ring (bicyclic) bond motifs is 1. The average Bonchev–Trinajstić information content (AvgIpc) is 2.92. The first-order valence-electron chi connectivity index (χ1n) is 6.93. The van der Waals surface area contributed by atoms with E-state index in [1.807, 2.05) is 30.3 Å². The van der Waals surface area contributed by atoms with Crippen molar-refractivity contribution in [3.8, 4) is 0 Å². The second kappa shape index (κ2) is 4.94. The Morgan fingerprint density at radius 2 is 2.21 bits per heavy atom. The number of carbonyl (C=O) groups is 1. The van der Waals surface area contributed by atoms with Gasteiger partial charge in [0.1, 0.15) is 12.6 Å². The van der Waals surface area contributed by atoms with Gasteiger partial charge in [-0.25, -0.2) is 0 Å². The van der Waals surface area contributed by atoms with Crippen molar-refractivity contribution < 1.29 is 9.53 Å². The van der Waals surface area contributed by atoms with Crippen molar-refractivity contribution in [3.63, 3.8) is 0 Å². The Bertz CT molecular complexity index is 462. The van der Waals surface area contributed by atoms with Crippen LogP contribution in [0.15, 0.2) is 30.3 Å². The Labute approximate surface area is 113 Å². The molecule has 3 rings (SSSR count). The lowest BCUT2D eigenvalue weighted by atomic mass is 9.93. The van der Waals surface area contributed by atoms with Crippen LogP contribution in [0.3, 0.4) is 0 Å². The Morgan fingerprint density at radius 1 is 1.42 bits per heavy atom. The fourth-order valence-electron chi connectivity index (χ4n) is 3.25. The van der Waals surface area contributed by atoms with Crippen molar-refractivity contribution in [2.75, 3.05) is 0 Å². The molecule has 4 heteroatoms. The molecule has 1 heterocycles. The van der Waals surface area contributed by atoms with Gasteiger partial charge < -0.3 is 10.5 Å². The predicted molar refractivity (Wildman–Crippen MR) is 72.3 cm³/mol. The highest BCUT2D eigenvalue weighted by Crippen LogP contribution is 2.37. The minimum Gasteiger partial charge on any atom is -0.460 e. The van der Waals surface area contributed by atoms with Gasteiger partial charge in [-0.3, -0.25) is 10.1 Å². The minimum absolute atomic E-state index is 0.178. The van der Waals surface area contributed by atoms with Crippen LogP contribution in [0.25, 0.3) is 0 Å². The lowest BCUT2D eigenvalue weighted by molar-refractivity contribution is -0.147. The number of hydrogen-bond acceptors (Lipinski definition) is 4. The van der Waals surface area contributed by atoms with Crippen LogP contribution < -0.4 is 11.1 Å². The van der Waals surface area contributed by atoms with E-state index in [9.17, 15) is 4.79 Å². The summed E-state index contributed by atoms with van der Waals surface area (Å²) in [5.41, 5.74) is 7.14. The zero-order chi connectivity index (χ0) is 13.3. The highest BCUT2D eigenvalue weighted by molar-refractivity contribution is 5.76. The third-order valence-corrected chi connectivity index (χ3v) is 4.32. The van der Waals surface area contributed by atoms with E-state index in [4.69, 9.17) is 10.5 Å². The van der Waals surface area contributed by atoms with Gasteiger partial charge in [0.2, 0.25) is 0 Å². The fraction of sp³-hybridized carbons (Fsp3) is 0.533. The minimum atomic E-state index is -0.237. The van der Waals surface area contributed by atoms with Crippen LogP contribution in [0.2, 0.25) is 0 Å². The molecule has 2 fully saturated rings. The third-order valence-electron chi connectivity index (χ3n) is 4.32. The van der Waals surface area contributed by atoms with E-state index in [0.29, 0.717) is 13.0 Å². The molecule has 0 bridgehead atoms. The monoisotopic (exact) mass is 260 g/mol. The summed E-state index contributed by atoms with van der Waals surface area (Å²) >= 11 is 0. The zero-order valence-corrected chi connectivity index (χ0v) is 11.0. The molecule has 1 aliphatic heterocycles. The van der Waals surface area contributed by atoms with Gasteiger partial charge in [-0.1, -0.05) is 30.3 Å². The van der Waals surface area contributed by atoms with Crippen LogP contribution in [-0.4, -0.2) is 23.6 Å². The van der Waals surface area contributed by atoms with Crippen molar-refractivity contribution in [3.05, 3.63) is 35.9 Å². The maximum absolute atomic E-state index is 12.1. The van der Waals surface area contributed by atoms with E-state index in [0.717, 1.165) is 24.8 Å². The molecule has 0 unspecified atom stereocenters. The molecule has 4 nitrogen and oxygen atoms in total. The summed E-state index contributed by atoms with van der Waals surface area (Å²) in [4.78, 5) is 12.1. The number of esters is 1. The molecule has 0 radical (unpaired) electrons. The normalized spacial score (nSPS) is 33.1. The van der Waals surface area contributed by atoms with Crippen molar-refractivity contribution in [1.82, 2.24) is 5.32 Å². The highest BCUT2D eigenvalue weighted by atomic mass is 16.5. The van der Waals surface area contributed by atoms with Crippen molar-refractivity contribution in [2.24, 2.45) is 5.73 Å². The molecule has 19 heavy (non-hydrogen) atoms. The quantitative estimate of drug-likeness (QED) is 0.805. The molecule has 1 aromatic rings. The molecule has 0 spiro atoms. The molecule has 2 aliphatic rings. The smallest absolute Gasteiger partial charge is 0.323 e. The first-order chi connectivity index (χ1) is 9.17. The molecule has 1 aromatic carbocycles. The van der Waals surface area contributed by atoms with Crippen molar-refractivity contribution >= 4 is 5.97 Å². The summed E-state index contributed by atoms with van der Waals surface area (Å²) in [6.07, 6.45) is 3.93. The molecule has 1 saturated carbocycles. The Morgan fingerprint density at radius 3 is 2.95 bits per heavy atom. The SMILES string of the molecule is N[C@@]12CCC[C@@H]1N[C@H](C(=O)OCc1ccccc1)C2. The zero-order valence-electron chi connectivity index (χ0n) is 11.0. The Balaban J connectivity index is 1.55. The summed E-state index contributed by atoms with van der Waals surface area (Å²) in [7, 11) is 0. The van der Waals surface area contributed by atoms with E-state index in [1.165, 1.54) is 0 Å². The van der Waals surface area contributed by atoms with E-state index in [-0.39, 0.29) is 23.6 Å². The van der Waals surface area contributed by atoms with Gasteiger partial charge >= 0.3 is 5.97 Å².